The van der Waals surface area contributed by atoms with Crippen molar-refractivity contribution in [1.82, 2.24) is 20.2 Å². The molecule has 0 aliphatic rings. The molecule has 0 atom stereocenters. The Bertz CT molecular complexity index is 988. The molecule has 0 aliphatic carbocycles. The van der Waals surface area contributed by atoms with Gasteiger partial charge in [0.15, 0.2) is 0 Å². The summed E-state index contributed by atoms with van der Waals surface area (Å²) in [5.74, 6) is -0.831. The fourth-order valence-electron chi connectivity index (χ4n) is 2.27. The van der Waals surface area contributed by atoms with Gasteiger partial charge in [-0.25, -0.2) is 4.39 Å². The number of aromatic nitrogens is 4. The lowest BCUT2D eigenvalue weighted by molar-refractivity contribution is -0.384. The topological polar surface area (TPSA) is 116 Å². The van der Waals surface area contributed by atoms with Crippen LogP contribution in [0.15, 0.2) is 42.5 Å². The zero-order valence-corrected chi connectivity index (χ0v) is 13.6. The summed E-state index contributed by atoms with van der Waals surface area (Å²) in [7, 11) is 0. The highest BCUT2D eigenvalue weighted by Crippen LogP contribution is 2.25. The third-order valence-electron chi connectivity index (χ3n) is 3.44. The number of benzene rings is 2. The second kappa shape index (κ2) is 7.05. The SMILES string of the molecule is Cc1ccc(NC(=O)Cn2nnc(-c3cccc(F)c3)n2)c([N+](=O)[O-])c1. The van der Waals surface area contributed by atoms with Gasteiger partial charge in [0, 0.05) is 11.6 Å². The first-order valence-electron chi connectivity index (χ1n) is 7.51. The van der Waals surface area contributed by atoms with Crippen molar-refractivity contribution in [2.75, 3.05) is 5.32 Å². The molecular weight excluding hydrogens is 343 g/mol. The van der Waals surface area contributed by atoms with E-state index in [-0.39, 0.29) is 23.7 Å². The molecule has 1 N–H and O–H groups in total. The lowest BCUT2D eigenvalue weighted by atomic mass is 10.2. The van der Waals surface area contributed by atoms with E-state index in [0.717, 1.165) is 4.80 Å². The molecule has 0 fully saturated rings. The van der Waals surface area contributed by atoms with Gasteiger partial charge in [0.05, 0.1) is 4.92 Å². The molecule has 1 amide bonds. The first kappa shape index (κ1) is 17.1. The van der Waals surface area contributed by atoms with Crippen LogP contribution < -0.4 is 5.32 Å². The molecule has 0 aliphatic heterocycles. The van der Waals surface area contributed by atoms with Crippen LogP contribution in [0.1, 0.15) is 5.56 Å². The predicted octanol–water partition coefficient (Wildman–Crippen LogP) is 2.33. The number of aryl methyl sites for hydroxylation is 1. The van der Waals surface area contributed by atoms with Crippen LogP contribution in [0.2, 0.25) is 0 Å². The number of nitrogens with one attached hydrogen (secondary N) is 1. The maximum absolute atomic E-state index is 13.2. The van der Waals surface area contributed by atoms with E-state index in [2.05, 4.69) is 20.7 Å². The van der Waals surface area contributed by atoms with Crippen molar-refractivity contribution in [1.29, 1.82) is 0 Å². The number of carbonyl (C=O) groups excluding carboxylic acids is 1. The number of rotatable bonds is 5. The third-order valence-corrected chi connectivity index (χ3v) is 3.44. The van der Waals surface area contributed by atoms with Gasteiger partial charge in [0.1, 0.15) is 18.0 Å². The van der Waals surface area contributed by atoms with Crippen molar-refractivity contribution in [2.45, 2.75) is 13.5 Å². The Morgan fingerprint density at radius 2 is 2.12 bits per heavy atom. The fraction of sp³-hybridized carbons (Fsp3) is 0.125. The highest BCUT2D eigenvalue weighted by Gasteiger charge is 2.17. The summed E-state index contributed by atoms with van der Waals surface area (Å²) in [5, 5.41) is 25.1. The molecule has 0 spiro atoms. The molecule has 0 saturated heterocycles. The maximum Gasteiger partial charge on any atom is 0.293 e. The number of tetrazole rings is 1. The Hall–Kier alpha value is -3.69. The van der Waals surface area contributed by atoms with Crippen LogP contribution in [-0.2, 0) is 11.3 Å². The number of nitro groups is 1. The number of hydrogen-bond donors (Lipinski definition) is 1. The molecule has 0 unspecified atom stereocenters. The summed E-state index contributed by atoms with van der Waals surface area (Å²) >= 11 is 0. The molecule has 10 heteroatoms. The maximum atomic E-state index is 13.2. The smallest absolute Gasteiger partial charge is 0.293 e. The van der Waals surface area contributed by atoms with Crippen molar-refractivity contribution in [3.63, 3.8) is 0 Å². The van der Waals surface area contributed by atoms with E-state index >= 15 is 0 Å². The Morgan fingerprint density at radius 1 is 1.31 bits per heavy atom. The van der Waals surface area contributed by atoms with E-state index < -0.39 is 16.6 Å². The van der Waals surface area contributed by atoms with E-state index in [1.165, 1.54) is 30.3 Å². The quantitative estimate of drug-likeness (QED) is 0.554. The van der Waals surface area contributed by atoms with Crippen molar-refractivity contribution in [3.8, 4) is 11.4 Å². The minimum Gasteiger partial charge on any atom is -0.319 e. The van der Waals surface area contributed by atoms with Crippen LogP contribution in [0.25, 0.3) is 11.4 Å². The number of halogens is 1. The van der Waals surface area contributed by atoms with Crippen molar-refractivity contribution < 1.29 is 14.1 Å². The van der Waals surface area contributed by atoms with Gasteiger partial charge < -0.3 is 5.32 Å². The Labute approximate surface area is 146 Å². The highest BCUT2D eigenvalue weighted by atomic mass is 19.1. The fourth-order valence-corrected chi connectivity index (χ4v) is 2.27. The Balaban J connectivity index is 1.73. The molecule has 26 heavy (non-hydrogen) atoms. The number of hydrogen-bond acceptors (Lipinski definition) is 6. The van der Waals surface area contributed by atoms with Crippen LogP contribution in [0, 0.1) is 22.9 Å². The number of amides is 1. The zero-order chi connectivity index (χ0) is 18.7. The van der Waals surface area contributed by atoms with Gasteiger partial charge in [-0.15, -0.1) is 10.2 Å². The number of nitrogens with zero attached hydrogens (tertiary/aromatic N) is 5. The summed E-state index contributed by atoms with van der Waals surface area (Å²) in [6, 6.07) is 10.1. The molecule has 3 aromatic rings. The second-order valence-corrected chi connectivity index (χ2v) is 5.48. The summed E-state index contributed by atoms with van der Waals surface area (Å²) < 4.78 is 13.2. The Kier molecular flexibility index (Phi) is 4.65. The van der Waals surface area contributed by atoms with E-state index in [1.54, 1.807) is 19.1 Å². The van der Waals surface area contributed by atoms with Gasteiger partial charge in [0.2, 0.25) is 11.7 Å². The number of carbonyl (C=O) groups is 1. The van der Waals surface area contributed by atoms with Gasteiger partial charge >= 0.3 is 0 Å². The van der Waals surface area contributed by atoms with Gasteiger partial charge in [-0.3, -0.25) is 14.9 Å². The van der Waals surface area contributed by atoms with Crippen molar-refractivity contribution >= 4 is 17.3 Å². The van der Waals surface area contributed by atoms with Crippen molar-refractivity contribution in [2.24, 2.45) is 0 Å². The largest absolute Gasteiger partial charge is 0.319 e. The van der Waals surface area contributed by atoms with Crippen LogP contribution in [0.3, 0.4) is 0 Å². The van der Waals surface area contributed by atoms with Gasteiger partial charge in [0.25, 0.3) is 5.69 Å². The molecular formula is C16H13FN6O3. The van der Waals surface area contributed by atoms with Gasteiger partial charge in [-0.05, 0) is 35.9 Å². The standard InChI is InChI=1S/C16H13FN6O3/c1-10-5-6-13(14(7-10)23(25)26)18-15(24)9-22-20-16(19-21-22)11-3-2-4-12(17)8-11/h2-8H,9H2,1H3,(H,18,24). The lowest BCUT2D eigenvalue weighted by Crippen LogP contribution is -2.21. The monoisotopic (exact) mass is 356 g/mol. The number of nitro benzene ring substituents is 1. The van der Waals surface area contributed by atoms with Crippen LogP contribution in [-0.4, -0.2) is 31.0 Å². The van der Waals surface area contributed by atoms with E-state index in [1.807, 2.05) is 0 Å². The molecule has 1 heterocycles. The first-order valence-corrected chi connectivity index (χ1v) is 7.51. The predicted molar refractivity (Wildman–Crippen MR) is 89.7 cm³/mol. The number of anilines is 1. The third kappa shape index (κ3) is 3.86. The minimum absolute atomic E-state index is 0.0797. The van der Waals surface area contributed by atoms with E-state index in [4.69, 9.17) is 0 Å². The normalized spacial score (nSPS) is 10.5. The van der Waals surface area contributed by atoms with Crippen LogP contribution in [0.4, 0.5) is 15.8 Å². The van der Waals surface area contributed by atoms with E-state index in [0.29, 0.717) is 11.1 Å². The van der Waals surface area contributed by atoms with Gasteiger partial charge in [-0.2, -0.15) is 4.80 Å². The Morgan fingerprint density at radius 3 is 2.85 bits per heavy atom. The van der Waals surface area contributed by atoms with E-state index in [9.17, 15) is 19.3 Å². The molecule has 3 rings (SSSR count). The minimum atomic E-state index is -0.571. The average molecular weight is 356 g/mol. The van der Waals surface area contributed by atoms with Gasteiger partial charge in [-0.1, -0.05) is 18.2 Å². The molecule has 0 bridgehead atoms. The molecule has 2 aromatic carbocycles. The average Bonchev–Trinajstić information content (AvgIpc) is 3.04. The van der Waals surface area contributed by atoms with Crippen molar-refractivity contribution in [3.05, 3.63) is 64.0 Å². The molecule has 9 nitrogen and oxygen atoms in total. The summed E-state index contributed by atoms with van der Waals surface area (Å²) in [6.07, 6.45) is 0. The molecule has 1 aromatic heterocycles. The summed E-state index contributed by atoms with van der Waals surface area (Å²) in [5.41, 5.74) is 1.000. The second-order valence-electron chi connectivity index (χ2n) is 5.48. The summed E-state index contributed by atoms with van der Waals surface area (Å²) in [6.45, 7) is 1.42. The molecule has 132 valence electrons. The van der Waals surface area contributed by atoms with Crippen LogP contribution in [0.5, 0.6) is 0 Å². The zero-order valence-electron chi connectivity index (χ0n) is 13.6. The lowest BCUT2D eigenvalue weighted by Gasteiger charge is -2.06. The first-order chi connectivity index (χ1) is 12.4. The highest BCUT2D eigenvalue weighted by molar-refractivity contribution is 5.92. The molecule has 0 radical (unpaired) electrons. The molecule has 0 saturated carbocycles. The van der Waals surface area contributed by atoms with Crippen LogP contribution >= 0.6 is 0 Å². The summed E-state index contributed by atoms with van der Waals surface area (Å²) in [4.78, 5) is 23.7.